The van der Waals surface area contributed by atoms with Crippen molar-refractivity contribution in [3.05, 3.63) is 0 Å². The topological polar surface area (TPSA) is 55.8 Å². The van der Waals surface area contributed by atoms with Crippen molar-refractivity contribution in [3.63, 3.8) is 0 Å². The first-order chi connectivity index (χ1) is 7.04. The highest BCUT2D eigenvalue weighted by Crippen LogP contribution is 1.93. The molecule has 0 rings (SSSR count). The van der Waals surface area contributed by atoms with Crippen LogP contribution in [0.2, 0.25) is 0 Å². The number of aliphatic hydroxyl groups is 1. The van der Waals surface area contributed by atoms with E-state index in [-0.39, 0.29) is 12.1 Å². The van der Waals surface area contributed by atoms with E-state index in [1.807, 2.05) is 0 Å². The van der Waals surface area contributed by atoms with Gasteiger partial charge in [0.2, 0.25) is 0 Å². The summed E-state index contributed by atoms with van der Waals surface area (Å²) in [6.07, 6.45) is 2.99. The molecule has 0 amide bonds. The molecule has 1 unspecified atom stereocenters. The molecule has 4 nitrogen and oxygen atoms in total. The molecule has 0 aromatic heterocycles. The standard InChI is InChI=1S/C7H14O2.C4H10O2/c1-3-4-5-6-9-7(2)8;1-4(5)3-6-2/h3-6H2,1-2H3;4-5H,3H2,1-2H3. The lowest BCUT2D eigenvalue weighted by Crippen LogP contribution is -2.07. The molecule has 0 heterocycles. The molecule has 0 aliphatic heterocycles. The Bertz CT molecular complexity index is 135. The van der Waals surface area contributed by atoms with Gasteiger partial charge in [-0.15, -0.1) is 0 Å². The highest BCUT2D eigenvalue weighted by atomic mass is 16.5. The number of rotatable bonds is 6. The number of ether oxygens (including phenoxy) is 2. The summed E-state index contributed by atoms with van der Waals surface area (Å²) in [4.78, 5) is 10.2. The van der Waals surface area contributed by atoms with Crippen LogP contribution in [0, 0.1) is 0 Å². The SMILES string of the molecule is CCCCCOC(C)=O.COCC(C)O. The first-order valence-electron chi connectivity index (χ1n) is 5.34. The zero-order valence-electron chi connectivity index (χ0n) is 10.3. The average Bonchev–Trinajstić information content (AvgIpc) is 2.13. The molecule has 0 spiro atoms. The fourth-order valence-electron chi connectivity index (χ4n) is 0.809. The van der Waals surface area contributed by atoms with Crippen molar-refractivity contribution in [2.24, 2.45) is 0 Å². The molecule has 1 atom stereocenters. The Kier molecular flexibility index (Phi) is 15.0. The summed E-state index contributed by atoms with van der Waals surface area (Å²) < 4.78 is 9.26. The molecule has 1 N–H and O–H groups in total. The lowest BCUT2D eigenvalue weighted by Gasteiger charge is -1.98. The fraction of sp³-hybridized carbons (Fsp3) is 0.909. The van der Waals surface area contributed by atoms with E-state index in [1.165, 1.54) is 13.3 Å². The summed E-state index contributed by atoms with van der Waals surface area (Å²) in [5, 5.41) is 8.43. The Balaban J connectivity index is 0. The van der Waals surface area contributed by atoms with Gasteiger partial charge in [-0.1, -0.05) is 19.8 Å². The smallest absolute Gasteiger partial charge is 0.302 e. The van der Waals surface area contributed by atoms with Gasteiger partial charge in [-0.25, -0.2) is 0 Å². The van der Waals surface area contributed by atoms with Gasteiger partial charge < -0.3 is 14.6 Å². The van der Waals surface area contributed by atoms with Crippen LogP contribution in [0.1, 0.15) is 40.0 Å². The van der Waals surface area contributed by atoms with E-state index in [2.05, 4.69) is 11.7 Å². The third kappa shape index (κ3) is 24.7. The van der Waals surface area contributed by atoms with Crippen molar-refractivity contribution >= 4 is 5.97 Å². The van der Waals surface area contributed by atoms with Gasteiger partial charge in [0.1, 0.15) is 0 Å². The molecule has 0 aromatic carbocycles. The molecule has 0 aliphatic rings. The van der Waals surface area contributed by atoms with Gasteiger partial charge in [-0.05, 0) is 13.3 Å². The number of hydrogen-bond donors (Lipinski definition) is 1. The van der Waals surface area contributed by atoms with Crippen LogP contribution >= 0.6 is 0 Å². The van der Waals surface area contributed by atoms with Crippen LogP contribution in [0.4, 0.5) is 0 Å². The number of carbonyl (C=O) groups excluding carboxylic acids is 1. The van der Waals surface area contributed by atoms with Gasteiger partial charge in [0.25, 0.3) is 0 Å². The Hall–Kier alpha value is -0.610. The van der Waals surface area contributed by atoms with Gasteiger partial charge in [-0.3, -0.25) is 4.79 Å². The summed E-state index contributed by atoms with van der Waals surface area (Å²) in [6.45, 7) is 6.26. The van der Waals surface area contributed by atoms with E-state index in [9.17, 15) is 4.79 Å². The van der Waals surface area contributed by atoms with Crippen molar-refractivity contribution in [1.82, 2.24) is 0 Å². The Morgan fingerprint density at radius 1 is 1.40 bits per heavy atom. The van der Waals surface area contributed by atoms with Crippen LogP contribution in [-0.2, 0) is 14.3 Å². The molecular weight excluding hydrogens is 196 g/mol. The van der Waals surface area contributed by atoms with Gasteiger partial charge in [0, 0.05) is 14.0 Å². The summed E-state index contributed by atoms with van der Waals surface area (Å²) >= 11 is 0. The number of methoxy groups -OCH3 is 1. The second kappa shape index (κ2) is 13.4. The first kappa shape index (κ1) is 16.8. The molecule has 0 fully saturated rings. The van der Waals surface area contributed by atoms with E-state index < -0.39 is 0 Å². The third-order valence-electron chi connectivity index (χ3n) is 1.46. The second-order valence-electron chi connectivity index (χ2n) is 3.35. The lowest BCUT2D eigenvalue weighted by atomic mass is 10.3. The number of esters is 1. The van der Waals surface area contributed by atoms with Crippen molar-refractivity contribution in [3.8, 4) is 0 Å². The minimum Gasteiger partial charge on any atom is -0.466 e. The third-order valence-corrected chi connectivity index (χ3v) is 1.46. The fourth-order valence-corrected chi connectivity index (χ4v) is 0.809. The van der Waals surface area contributed by atoms with Gasteiger partial charge in [0.05, 0.1) is 19.3 Å². The van der Waals surface area contributed by atoms with Crippen molar-refractivity contribution < 1.29 is 19.4 Å². The van der Waals surface area contributed by atoms with Gasteiger partial charge in [-0.2, -0.15) is 0 Å². The minimum atomic E-state index is -0.324. The van der Waals surface area contributed by atoms with Crippen LogP contribution in [0.15, 0.2) is 0 Å². The molecule has 15 heavy (non-hydrogen) atoms. The molecule has 0 aliphatic carbocycles. The number of carbonyl (C=O) groups is 1. The molecular formula is C11H24O4. The van der Waals surface area contributed by atoms with E-state index >= 15 is 0 Å². The monoisotopic (exact) mass is 220 g/mol. The lowest BCUT2D eigenvalue weighted by molar-refractivity contribution is -0.141. The molecule has 0 saturated carbocycles. The number of hydrogen-bond acceptors (Lipinski definition) is 4. The maximum absolute atomic E-state index is 10.2. The van der Waals surface area contributed by atoms with E-state index in [1.54, 1.807) is 14.0 Å². The van der Waals surface area contributed by atoms with E-state index in [4.69, 9.17) is 9.84 Å². The van der Waals surface area contributed by atoms with Crippen LogP contribution in [-0.4, -0.2) is 37.5 Å². The highest BCUT2D eigenvalue weighted by molar-refractivity contribution is 5.65. The Labute approximate surface area is 92.6 Å². The second-order valence-corrected chi connectivity index (χ2v) is 3.35. The zero-order valence-corrected chi connectivity index (χ0v) is 10.3. The Morgan fingerprint density at radius 2 is 2.00 bits per heavy atom. The normalized spacial score (nSPS) is 11.3. The summed E-state index contributed by atoms with van der Waals surface area (Å²) in [5.41, 5.74) is 0. The van der Waals surface area contributed by atoms with Crippen molar-refractivity contribution in [1.29, 1.82) is 0 Å². The van der Waals surface area contributed by atoms with Gasteiger partial charge >= 0.3 is 5.97 Å². The van der Waals surface area contributed by atoms with Crippen molar-refractivity contribution in [2.45, 2.75) is 46.1 Å². The summed E-state index contributed by atoms with van der Waals surface area (Å²) in [6, 6.07) is 0. The van der Waals surface area contributed by atoms with Gasteiger partial charge in [0.15, 0.2) is 0 Å². The maximum Gasteiger partial charge on any atom is 0.302 e. The van der Waals surface area contributed by atoms with Crippen LogP contribution in [0.25, 0.3) is 0 Å². The molecule has 0 aromatic rings. The molecule has 0 radical (unpaired) electrons. The molecule has 92 valence electrons. The minimum absolute atomic E-state index is 0.175. The van der Waals surface area contributed by atoms with Crippen molar-refractivity contribution in [2.75, 3.05) is 20.3 Å². The average molecular weight is 220 g/mol. The van der Waals surface area contributed by atoms with Crippen LogP contribution in [0.3, 0.4) is 0 Å². The predicted molar refractivity (Wildman–Crippen MR) is 59.7 cm³/mol. The molecule has 0 saturated heterocycles. The molecule has 4 heteroatoms. The number of unbranched alkanes of at least 4 members (excludes halogenated alkanes) is 2. The summed E-state index contributed by atoms with van der Waals surface area (Å²) in [7, 11) is 1.56. The van der Waals surface area contributed by atoms with Crippen LogP contribution < -0.4 is 0 Å². The first-order valence-corrected chi connectivity index (χ1v) is 5.34. The molecule has 0 bridgehead atoms. The van der Waals surface area contributed by atoms with Crippen LogP contribution in [0.5, 0.6) is 0 Å². The van der Waals surface area contributed by atoms with E-state index in [0.29, 0.717) is 13.2 Å². The Morgan fingerprint density at radius 3 is 2.27 bits per heavy atom. The summed E-state index contributed by atoms with van der Waals surface area (Å²) in [5.74, 6) is -0.175. The highest BCUT2D eigenvalue weighted by Gasteiger charge is 1.89. The maximum atomic E-state index is 10.2. The van der Waals surface area contributed by atoms with E-state index in [0.717, 1.165) is 12.8 Å². The predicted octanol–water partition coefficient (Wildman–Crippen LogP) is 1.75. The largest absolute Gasteiger partial charge is 0.466 e. The zero-order chi connectivity index (χ0) is 12.1. The number of aliphatic hydroxyl groups excluding tert-OH is 1. The quantitative estimate of drug-likeness (QED) is 0.547.